The van der Waals surface area contributed by atoms with Crippen molar-refractivity contribution < 1.29 is 0 Å². The predicted octanol–water partition coefficient (Wildman–Crippen LogP) is 3.60. The van der Waals surface area contributed by atoms with Gasteiger partial charge < -0.3 is 5.32 Å². The lowest BCUT2D eigenvalue weighted by molar-refractivity contribution is 0.221. The van der Waals surface area contributed by atoms with E-state index < -0.39 is 0 Å². The zero-order chi connectivity index (χ0) is 14.7. The minimum atomic E-state index is 0.412. The molecule has 1 atom stereocenters. The second kappa shape index (κ2) is 6.56. The number of hydrogen-bond acceptors (Lipinski definition) is 3. The van der Waals surface area contributed by atoms with Crippen LogP contribution in [-0.2, 0) is 0 Å². The summed E-state index contributed by atoms with van der Waals surface area (Å²) in [6.45, 7) is 5.51. The van der Waals surface area contributed by atoms with Crippen LogP contribution in [0.2, 0.25) is 0 Å². The SMILES string of the molecule is CCNC(c1cnn2ccncc12)C1CCC(CC)CC1. The van der Waals surface area contributed by atoms with Crippen LogP contribution in [-0.4, -0.2) is 21.1 Å². The lowest BCUT2D eigenvalue weighted by Gasteiger charge is -2.33. The second-order valence-electron chi connectivity index (χ2n) is 6.23. The summed E-state index contributed by atoms with van der Waals surface area (Å²) in [5.74, 6) is 1.66. The largest absolute Gasteiger partial charge is 0.310 e. The van der Waals surface area contributed by atoms with E-state index in [2.05, 4.69) is 29.2 Å². The van der Waals surface area contributed by atoms with Crippen molar-refractivity contribution in [2.75, 3.05) is 6.54 Å². The molecule has 0 spiro atoms. The monoisotopic (exact) mass is 286 g/mol. The molecular formula is C17H26N4. The molecule has 1 N–H and O–H groups in total. The van der Waals surface area contributed by atoms with Gasteiger partial charge in [0.1, 0.15) is 0 Å². The maximum absolute atomic E-state index is 4.48. The van der Waals surface area contributed by atoms with Gasteiger partial charge in [-0.05, 0) is 31.2 Å². The fourth-order valence-electron chi connectivity index (χ4n) is 3.77. The van der Waals surface area contributed by atoms with Crippen LogP contribution in [0.1, 0.15) is 57.6 Å². The molecule has 1 saturated carbocycles. The smallest absolute Gasteiger partial charge is 0.0892 e. The third kappa shape index (κ3) is 2.95. The Hall–Kier alpha value is -1.42. The van der Waals surface area contributed by atoms with E-state index in [0.717, 1.165) is 23.9 Å². The van der Waals surface area contributed by atoms with Gasteiger partial charge >= 0.3 is 0 Å². The Kier molecular flexibility index (Phi) is 4.54. The third-order valence-corrected chi connectivity index (χ3v) is 5.05. The average molecular weight is 286 g/mol. The molecule has 2 aromatic rings. The molecular weight excluding hydrogens is 260 g/mol. The van der Waals surface area contributed by atoms with E-state index in [4.69, 9.17) is 0 Å². The Morgan fingerprint density at radius 2 is 2.05 bits per heavy atom. The molecule has 3 rings (SSSR count). The van der Waals surface area contributed by atoms with Crippen molar-refractivity contribution in [2.45, 2.75) is 52.0 Å². The molecule has 114 valence electrons. The van der Waals surface area contributed by atoms with E-state index in [1.807, 2.05) is 23.1 Å². The second-order valence-corrected chi connectivity index (χ2v) is 6.23. The standard InChI is InChI=1S/C17H26N4/c1-3-13-5-7-14(8-6-13)17(19-4-2)15-11-20-21-10-9-18-12-16(15)21/h9-14,17,19H,3-8H2,1-2H3. The minimum Gasteiger partial charge on any atom is -0.310 e. The van der Waals surface area contributed by atoms with Crippen LogP contribution in [0, 0.1) is 11.8 Å². The van der Waals surface area contributed by atoms with Crippen LogP contribution in [0.4, 0.5) is 0 Å². The van der Waals surface area contributed by atoms with E-state index in [-0.39, 0.29) is 0 Å². The summed E-state index contributed by atoms with van der Waals surface area (Å²) in [6, 6.07) is 0.412. The van der Waals surface area contributed by atoms with E-state index >= 15 is 0 Å². The summed E-state index contributed by atoms with van der Waals surface area (Å²) in [7, 11) is 0. The first-order valence-electron chi connectivity index (χ1n) is 8.34. The van der Waals surface area contributed by atoms with Gasteiger partial charge in [-0.25, -0.2) is 4.52 Å². The summed E-state index contributed by atoms with van der Waals surface area (Å²) < 4.78 is 1.93. The number of nitrogens with one attached hydrogen (secondary N) is 1. The Morgan fingerprint density at radius 1 is 1.24 bits per heavy atom. The zero-order valence-corrected chi connectivity index (χ0v) is 13.1. The highest BCUT2D eigenvalue weighted by Crippen LogP contribution is 2.38. The summed E-state index contributed by atoms with van der Waals surface area (Å²) >= 11 is 0. The summed E-state index contributed by atoms with van der Waals surface area (Å²) in [4.78, 5) is 4.27. The quantitative estimate of drug-likeness (QED) is 0.913. The Morgan fingerprint density at radius 3 is 2.76 bits per heavy atom. The molecule has 4 nitrogen and oxygen atoms in total. The van der Waals surface area contributed by atoms with Gasteiger partial charge in [-0.2, -0.15) is 5.10 Å². The van der Waals surface area contributed by atoms with Gasteiger partial charge in [0.05, 0.1) is 17.9 Å². The highest BCUT2D eigenvalue weighted by atomic mass is 15.2. The van der Waals surface area contributed by atoms with Crippen molar-refractivity contribution in [1.82, 2.24) is 19.9 Å². The van der Waals surface area contributed by atoms with Crippen LogP contribution in [0.15, 0.2) is 24.8 Å². The normalized spacial score (nSPS) is 24.3. The number of nitrogens with zero attached hydrogens (tertiary/aromatic N) is 3. The first-order valence-corrected chi connectivity index (χ1v) is 8.34. The number of aromatic nitrogens is 3. The van der Waals surface area contributed by atoms with Crippen LogP contribution >= 0.6 is 0 Å². The Bertz CT molecular complexity index is 569. The van der Waals surface area contributed by atoms with Gasteiger partial charge in [0.25, 0.3) is 0 Å². The fraction of sp³-hybridized carbons (Fsp3) is 0.647. The molecule has 1 aliphatic carbocycles. The number of hydrogen-bond donors (Lipinski definition) is 1. The lowest BCUT2D eigenvalue weighted by Crippen LogP contribution is -2.31. The van der Waals surface area contributed by atoms with Crippen LogP contribution < -0.4 is 5.32 Å². The van der Waals surface area contributed by atoms with Crippen molar-refractivity contribution in [2.24, 2.45) is 11.8 Å². The molecule has 2 heterocycles. The van der Waals surface area contributed by atoms with Crippen LogP contribution in [0.25, 0.3) is 5.52 Å². The van der Waals surface area contributed by atoms with Crippen molar-refractivity contribution >= 4 is 5.52 Å². The maximum atomic E-state index is 4.48. The third-order valence-electron chi connectivity index (χ3n) is 5.05. The topological polar surface area (TPSA) is 42.2 Å². The molecule has 0 aromatic carbocycles. The van der Waals surface area contributed by atoms with E-state index in [1.165, 1.54) is 37.7 Å². The summed E-state index contributed by atoms with van der Waals surface area (Å²) in [5, 5.41) is 8.18. The van der Waals surface area contributed by atoms with E-state index in [9.17, 15) is 0 Å². The lowest BCUT2D eigenvalue weighted by atomic mass is 9.76. The molecule has 2 aromatic heterocycles. The highest BCUT2D eigenvalue weighted by molar-refractivity contribution is 5.53. The first-order chi connectivity index (χ1) is 10.3. The van der Waals surface area contributed by atoms with Crippen molar-refractivity contribution in [3.8, 4) is 0 Å². The predicted molar refractivity (Wildman–Crippen MR) is 85.1 cm³/mol. The van der Waals surface area contributed by atoms with Gasteiger partial charge in [0.15, 0.2) is 0 Å². The average Bonchev–Trinajstić information content (AvgIpc) is 2.97. The molecule has 21 heavy (non-hydrogen) atoms. The first kappa shape index (κ1) is 14.5. The van der Waals surface area contributed by atoms with Crippen molar-refractivity contribution in [3.63, 3.8) is 0 Å². The fourth-order valence-corrected chi connectivity index (χ4v) is 3.77. The van der Waals surface area contributed by atoms with Crippen molar-refractivity contribution in [3.05, 3.63) is 30.4 Å². The van der Waals surface area contributed by atoms with Gasteiger partial charge in [-0.15, -0.1) is 0 Å². The number of fused-ring (bicyclic) bond motifs is 1. The molecule has 0 radical (unpaired) electrons. The molecule has 0 saturated heterocycles. The Labute approximate surface area is 127 Å². The molecule has 0 aliphatic heterocycles. The van der Waals surface area contributed by atoms with Gasteiger partial charge in [0, 0.05) is 24.0 Å². The van der Waals surface area contributed by atoms with E-state index in [1.54, 1.807) is 6.20 Å². The molecule has 1 aliphatic rings. The van der Waals surface area contributed by atoms with Crippen molar-refractivity contribution in [1.29, 1.82) is 0 Å². The van der Waals surface area contributed by atoms with Gasteiger partial charge in [-0.1, -0.05) is 33.1 Å². The van der Waals surface area contributed by atoms with Crippen LogP contribution in [0.3, 0.4) is 0 Å². The zero-order valence-electron chi connectivity index (χ0n) is 13.1. The maximum Gasteiger partial charge on any atom is 0.0892 e. The van der Waals surface area contributed by atoms with E-state index in [0.29, 0.717) is 6.04 Å². The summed E-state index contributed by atoms with van der Waals surface area (Å²) in [5.41, 5.74) is 2.45. The number of rotatable bonds is 5. The molecule has 0 bridgehead atoms. The van der Waals surface area contributed by atoms with Gasteiger partial charge in [0.2, 0.25) is 0 Å². The highest BCUT2D eigenvalue weighted by Gasteiger charge is 2.29. The van der Waals surface area contributed by atoms with Crippen LogP contribution in [0.5, 0.6) is 0 Å². The molecule has 1 unspecified atom stereocenters. The van der Waals surface area contributed by atoms with Gasteiger partial charge in [-0.3, -0.25) is 4.98 Å². The minimum absolute atomic E-state index is 0.412. The molecule has 1 fully saturated rings. The summed E-state index contributed by atoms with van der Waals surface area (Å²) in [6.07, 6.45) is 14.4. The molecule has 0 amide bonds. The molecule has 4 heteroatoms. The Balaban J connectivity index is 1.84.